The first-order valence-corrected chi connectivity index (χ1v) is 10.4. The van der Waals surface area contributed by atoms with E-state index in [-0.39, 0.29) is 6.04 Å². The number of unbranched alkanes of at least 4 members (excludes halogenated alkanes) is 1. The summed E-state index contributed by atoms with van der Waals surface area (Å²) in [4.78, 5) is 0. The third kappa shape index (κ3) is 5.28. The summed E-state index contributed by atoms with van der Waals surface area (Å²) in [5.74, 6) is 2.77. The lowest BCUT2D eigenvalue weighted by Gasteiger charge is -2.21. The highest BCUT2D eigenvalue weighted by atomic mass is 35.5. The zero-order valence-electron chi connectivity index (χ0n) is 13.7. The van der Waals surface area contributed by atoms with E-state index in [1.54, 1.807) is 0 Å². The van der Waals surface area contributed by atoms with Gasteiger partial charge in [-0.05, 0) is 61.6 Å². The van der Waals surface area contributed by atoms with Gasteiger partial charge in [0.05, 0.1) is 17.7 Å². The van der Waals surface area contributed by atoms with E-state index in [1.807, 2.05) is 18.2 Å². The molecule has 1 aromatic carbocycles. The van der Waals surface area contributed by atoms with Crippen molar-refractivity contribution in [1.29, 1.82) is 0 Å². The second kappa shape index (κ2) is 8.11. The van der Waals surface area contributed by atoms with Gasteiger partial charge in [-0.1, -0.05) is 31.0 Å². The Bertz CT molecular complexity index is 520. The lowest BCUT2D eigenvalue weighted by molar-refractivity contribution is 0.299. The predicted molar refractivity (Wildman–Crippen MR) is 96.2 cm³/mol. The van der Waals surface area contributed by atoms with Gasteiger partial charge in [-0.3, -0.25) is 0 Å². The van der Waals surface area contributed by atoms with Gasteiger partial charge in [0.1, 0.15) is 11.5 Å². The molecule has 3 rings (SSSR count). The highest BCUT2D eigenvalue weighted by Gasteiger charge is 2.35. The van der Waals surface area contributed by atoms with Gasteiger partial charge in [-0.15, -0.1) is 4.72 Å². The van der Waals surface area contributed by atoms with E-state index in [4.69, 9.17) is 16.3 Å². The van der Waals surface area contributed by atoms with Crippen LogP contribution in [0.4, 0.5) is 0 Å². The summed E-state index contributed by atoms with van der Waals surface area (Å²) in [6.07, 6.45) is 6.99. The van der Waals surface area contributed by atoms with E-state index >= 15 is 0 Å². The van der Waals surface area contributed by atoms with Crippen molar-refractivity contribution in [2.75, 3.05) is 12.4 Å². The normalized spacial score (nSPS) is 20.3. The van der Waals surface area contributed by atoms with Crippen molar-refractivity contribution in [3.8, 4) is 5.75 Å². The maximum Gasteiger partial charge on any atom is 0.138 e. The summed E-state index contributed by atoms with van der Waals surface area (Å²) in [6.45, 7) is 2.88. The quantitative estimate of drug-likeness (QED) is 0.622. The van der Waals surface area contributed by atoms with E-state index < -0.39 is 11.4 Å². The SMILES string of the molecule is CCCC[S@+]([O-])NC(c1ccc(Cl)c(OCC2CC2)c1)C1CC1. The van der Waals surface area contributed by atoms with Gasteiger partial charge in [0.2, 0.25) is 0 Å². The second-order valence-corrected chi connectivity index (χ2v) is 8.52. The van der Waals surface area contributed by atoms with E-state index in [0.717, 1.165) is 36.5 Å². The second-order valence-electron chi connectivity index (χ2n) is 6.78. The number of nitrogens with one attached hydrogen (secondary N) is 1. The largest absolute Gasteiger partial charge is 0.598 e. The molecule has 5 heteroatoms. The minimum Gasteiger partial charge on any atom is -0.598 e. The fourth-order valence-electron chi connectivity index (χ4n) is 2.66. The van der Waals surface area contributed by atoms with Crippen LogP contribution in [0.15, 0.2) is 18.2 Å². The fraction of sp³-hybridized carbons (Fsp3) is 0.667. The van der Waals surface area contributed by atoms with Crippen molar-refractivity contribution in [2.45, 2.75) is 51.5 Å². The van der Waals surface area contributed by atoms with Crippen LogP contribution in [0.3, 0.4) is 0 Å². The minimum absolute atomic E-state index is 0.147. The molecule has 0 aromatic heterocycles. The molecule has 1 unspecified atom stereocenters. The van der Waals surface area contributed by atoms with Crippen molar-refractivity contribution >= 4 is 23.0 Å². The summed E-state index contributed by atoms with van der Waals surface area (Å²) in [7, 11) is 0. The Morgan fingerprint density at radius 1 is 1.35 bits per heavy atom. The van der Waals surface area contributed by atoms with E-state index in [2.05, 4.69) is 11.6 Å². The van der Waals surface area contributed by atoms with Gasteiger partial charge in [0, 0.05) is 11.4 Å². The van der Waals surface area contributed by atoms with Crippen LogP contribution in [0.1, 0.15) is 57.1 Å². The molecule has 2 atom stereocenters. The molecule has 0 radical (unpaired) electrons. The lowest BCUT2D eigenvalue weighted by Crippen LogP contribution is -2.32. The number of halogens is 1. The molecule has 0 bridgehead atoms. The number of hydrogen-bond donors (Lipinski definition) is 1. The molecule has 0 spiro atoms. The van der Waals surface area contributed by atoms with Crippen molar-refractivity contribution in [1.82, 2.24) is 4.72 Å². The third-order valence-electron chi connectivity index (χ3n) is 4.52. The third-order valence-corrected chi connectivity index (χ3v) is 6.01. The first kappa shape index (κ1) is 17.4. The molecular weight excluding hydrogens is 330 g/mol. The molecule has 0 amide bonds. The molecule has 0 aliphatic heterocycles. The molecule has 128 valence electrons. The Labute approximate surface area is 147 Å². The predicted octanol–water partition coefficient (Wildman–Crippen LogP) is 4.63. The van der Waals surface area contributed by atoms with Crippen molar-refractivity contribution in [3.05, 3.63) is 28.8 Å². The summed E-state index contributed by atoms with van der Waals surface area (Å²) in [5, 5.41) is 0.663. The average molecular weight is 356 g/mol. The first-order chi connectivity index (χ1) is 11.2. The Balaban J connectivity index is 1.67. The number of ether oxygens (including phenoxy) is 1. The van der Waals surface area contributed by atoms with Gasteiger partial charge in [-0.2, -0.15) is 0 Å². The standard InChI is InChI=1S/C18H26ClNO2S/c1-2-3-10-23(21)20-18(14-6-7-14)15-8-9-16(19)17(11-15)22-12-13-4-5-13/h8-9,11,13-14,18,20H,2-7,10,12H2,1H3/t18?,23-/m0/s1. The van der Waals surface area contributed by atoms with Crippen molar-refractivity contribution < 1.29 is 9.29 Å². The van der Waals surface area contributed by atoms with Gasteiger partial charge in [0.15, 0.2) is 0 Å². The Kier molecular flexibility index (Phi) is 6.13. The van der Waals surface area contributed by atoms with Crippen LogP contribution < -0.4 is 9.46 Å². The highest BCUT2D eigenvalue weighted by Crippen LogP contribution is 2.43. The van der Waals surface area contributed by atoms with Crippen LogP contribution in [0, 0.1) is 11.8 Å². The molecule has 2 saturated carbocycles. The Morgan fingerprint density at radius 2 is 2.13 bits per heavy atom. The van der Waals surface area contributed by atoms with Crippen LogP contribution in [0.2, 0.25) is 5.02 Å². The molecule has 2 aliphatic carbocycles. The summed E-state index contributed by atoms with van der Waals surface area (Å²) >= 11 is 5.30. The smallest absolute Gasteiger partial charge is 0.138 e. The van der Waals surface area contributed by atoms with Crippen LogP contribution >= 0.6 is 11.6 Å². The van der Waals surface area contributed by atoms with Crippen LogP contribution in [0.25, 0.3) is 0 Å². The fourth-order valence-corrected chi connectivity index (χ4v) is 4.11. The summed E-state index contributed by atoms with van der Waals surface area (Å²) in [6, 6.07) is 6.13. The molecular formula is C18H26ClNO2S. The zero-order chi connectivity index (χ0) is 16.2. The maximum atomic E-state index is 12.2. The van der Waals surface area contributed by atoms with Crippen LogP contribution in [-0.4, -0.2) is 16.9 Å². The zero-order valence-corrected chi connectivity index (χ0v) is 15.3. The number of rotatable bonds is 10. The number of hydrogen-bond acceptors (Lipinski definition) is 3. The highest BCUT2D eigenvalue weighted by molar-refractivity contribution is 7.89. The molecule has 0 saturated heterocycles. The molecule has 23 heavy (non-hydrogen) atoms. The molecule has 3 nitrogen and oxygen atoms in total. The molecule has 1 aromatic rings. The molecule has 0 heterocycles. The average Bonchev–Trinajstić information content (AvgIpc) is 3.43. The summed E-state index contributed by atoms with van der Waals surface area (Å²) < 4.78 is 21.4. The van der Waals surface area contributed by atoms with Gasteiger partial charge >= 0.3 is 0 Å². The van der Waals surface area contributed by atoms with E-state index in [0.29, 0.717) is 16.9 Å². The van der Waals surface area contributed by atoms with Crippen LogP contribution in [-0.2, 0) is 11.4 Å². The summed E-state index contributed by atoms with van der Waals surface area (Å²) in [5.41, 5.74) is 1.15. The topological polar surface area (TPSA) is 44.3 Å². The molecule has 2 fully saturated rings. The van der Waals surface area contributed by atoms with E-state index in [9.17, 15) is 4.55 Å². The number of benzene rings is 1. The van der Waals surface area contributed by atoms with Crippen molar-refractivity contribution in [3.63, 3.8) is 0 Å². The lowest BCUT2D eigenvalue weighted by atomic mass is 10.0. The van der Waals surface area contributed by atoms with E-state index in [1.165, 1.54) is 25.7 Å². The Hall–Kier alpha value is -0.420. The van der Waals surface area contributed by atoms with Gasteiger partial charge < -0.3 is 9.29 Å². The molecule has 2 aliphatic rings. The monoisotopic (exact) mass is 355 g/mol. The molecule has 1 N–H and O–H groups in total. The van der Waals surface area contributed by atoms with Gasteiger partial charge in [-0.25, -0.2) is 0 Å². The first-order valence-electron chi connectivity index (χ1n) is 8.74. The van der Waals surface area contributed by atoms with Crippen molar-refractivity contribution in [2.24, 2.45) is 11.8 Å². The Morgan fingerprint density at radius 3 is 2.78 bits per heavy atom. The van der Waals surface area contributed by atoms with Gasteiger partial charge in [0.25, 0.3) is 0 Å². The minimum atomic E-state index is -0.968. The maximum absolute atomic E-state index is 12.2. The van der Waals surface area contributed by atoms with Crippen LogP contribution in [0.5, 0.6) is 5.75 Å².